The maximum atomic E-state index is 4.52. The van der Waals surface area contributed by atoms with Crippen molar-refractivity contribution in [3.8, 4) is 0 Å². The minimum absolute atomic E-state index is 0.343. The molecular formula is C8H18S6. The number of thioether (sulfide) groups is 1. The van der Waals surface area contributed by atoms with Crippen LogP contribution in [0.15, 0.2) is 0 Å². The van der Waals surface area contributed by atoms with Gasteiger partial charge in [-0.1, -0.05) is 0 Å². The maximum absolute atomic E-state index is 4.52. The fourth-order valence-corrected chi connectivity index (χ4v) is 3.57. The van der Waals surface area contributed by atoms with Crippen LogP contribution in [0.5, 0.6) is 0 Å². The lowest BCUT2D eigenvalue weighted by atomic mass is 10.1. The largest absolute Gasteiger partial charge is 0.178 e. The van der Waals surface area contributed by atoms with Crippen LogP contribution in [0.1, 0.15) is 12.8 Å². The van der Waals surface area contributed by atoms with E-state index in [1.165, 1.54) is 0 Å². The molecule has 0 saturated carbocycles. The van der Waals surface area contributed by atoms with Gasteiger partial charge in [-0.25, -0.2) is 0 Å². The van der Waals surface area contributed by atoms with Gasteiger partial charge in [-0.05, 0) is 12.8 Å². The highest BCUT2D eigenvalue weighted by Gasteiger charge is 2.17. The summed E-state index contributed by atoms with van der Waals surface area (Å²) in [6.45, 7) is 0. The van der Waals surface area contributed by atoms with Gasteiger partial charge in [0.25, 0.3) is 0 Å². The SMILES string of the molecule is SCSC(CCC(S)CS)C(S)CS. The summed E-state index contributed by atoms with van der Waals surface area (Å²) < 4.78 is 0. The number of rotatable bonds is 8. The van der Waals surface area contributed by atoms with E-state index in [1.807, 2.05) is 11.8 Å². The fraction of sp³-hybridized carbons (Fsp3) is 1.00. The van der Waals surface area contributed by atoms with E-state index in [0.717, 1.165) is 29.4 Å². The van der Waals surface area contributed by atoms with Crippen molar-refractivity contribution in [2.75, 3.05) is 16.6 Å². The third-order valence-electron chi connectivity index (χ3n) is 1.90. The molecule has 0 nitrogen and oxygen atoms in total. The van der Waals surface area contributed by atoms with Gasteiger partial charge in [0.1, 0.15) is 0 Å². The Hall–Kier alpha value is 2.10. The fourth-order valence-electron chi connectivity index (χ4n) is 1.05. The van der Waals surface area contributed by atoms with Crippen LogP contribution in [0.3, 0.4) is 0 Å². The summed E-state index contributed by atoms with van der Waals surface area (Å²) in [5, 5.41) is 2.11. The molecule has 0 heterocycles. The monoisotopic (exact) mass is 306 g/mol. The van der Waals surface area contributed by atoms with Gasteiger partial charge in [0.05, 0.1) is 0 Å². The smallest absolute Gasteiger partial charge is 0.0365 e. The first-order chi connectivity index (χ1) is 6.65. The summed E-state index contributed by atoms with van der Waals surface area (Å²) in [6, 6.07) is 0. The molecule has 3 atom stereocenters. The second-order valence-electron chi connectivity index (χ2n) is 3.00. The number of hydrogen-bond acceptors (Lipinski definition) is 6. The molecule has 0 aromatic heterocycles. The van der Waals surface area contributed by atoms with E-state index in [1.54, 1.807) is 0 Å². The Balaban J connectivity index is 3.83. The highest BCUT2D eigenvalue weighted by atomic mass is 32.2. The summed E-state index contributed by atoms with van der Waals surface area (Å²) in [4.78, 5) is 0. The third-order valence-corrected chi connectivity index (χ3v) is 6.08. The molecule has 0 saturated heterocycles. The first-order valence-electron chi connectivity index (χ1n) is 4.46. The Morgan fingerprint density at radius 2 is 1.57 bits per heavy atom. The molecule has 0 aliphatic rings. The first-order valence-corrected chi connectivity index (χ1v) is 8.43. The molecule has 86 valence electrons. The molecule has 0 fully saturated rings. The lowest BCUT2D eigenvalue weighted by Gasteiger charge is -2.21. The van der Waals surface area contributed by atoms with Crippen molar-refractivity contribution >= 4 is 74.9 Å². The van der Waals surface area contributed by atoms with E-state index < -0.39 is 0 Å². The average molecular weight is 307 g/mol. The van der Waals surface area contributed by atoms with E-state index in [0.29, 0.717) is 15.7 Å². The van der Waals surface area contributed by atoms with Crippen LogP contribution in [0, 0.1) is 0 Å². The molecule has 0 N–H and O–H groups in total. The van der Waals surface area contributed by atoms with Crippen LogP contribution in [-0.4, -0.2) is 32.3 Å². The predicted octanol–water partition coefficient (Wildman–Crippen LogP) is 3.21. The molecule has 0 amide bonds. The lowest BCUT2D eigenvalue weighted by Crippen LogP contribution is -2.21. The van der Waals surface area contributed by atoms with E-state index in [-0.39, 0.29) is 0 Å². The highest BCUT2D eigenvalue weighted by molar-refractivity contribution is 8.10. The van der Waals surface area contributed by atoms with Crippen LogP contribution in [0.25, 0.3) is 0 Å². The van der Waals surface area contributed by atoms with Crippen LogP contribution in [-0.2, 0) is 0 Å². The van der Waals surface area contributed by atoms with Crippen LogP contribution >= 0.6 is 74.9 Å². The van der Waals surface area contributed by atoms with E-state index in [2.05, 4.69) is 63.1 Å². The number of thiol groups is 5. The highest BCUT2D eigenvalue weighted by Crippen LogP contribution is 2.26. The van der Waals surface area contributed by atoms with Gasteiger partial charge in [-0.2, -0.15) is 63.1 Å². The molecule has 0 aliphatic carbocycles. The summed E-state index contributed by atoms with van der Waals surface area (Å²) in [5.41, 5.74) is 0. The molecule has 3 unspecified atom stereocenters. The minimum Gasteiger partial charge on any atom is -0.178 e. The molecule has 0 aliphatic heterocycles. The second-order valence-corrected chi connectivity index (χ2v) is 7.09. The molecule has 0 rings (SSSR count). The van der Waals surface area contributed by atoms with Gasteiger partial charge < -0.3 is 0 Å². The van der Waals surface area contributed by atoms with Crippen LogP contribution in [0.2, 0.25) is 0 Å². The van der Waals surface area contributed by atoms with Crippen molar-refractivity contribution in [3.63, 3.8) is 0 Å². The molecular weight excluding hydrogens is 288 g/mol. The third kappa shape index (κ3) is 7.39. The Morgan fingerprint density at radius 1 is 0.929 bits per heavy atom. The summed E-state index contributed by atoms with van der Waals surface area (Å²) in [6.07, 6.45) is 2.21. The van der Waals surface area contributed by atoms with Crippen LogP contribution < -0.4 is 0 Å². The zero-order valence-electron chi connectivity index (χ0n) is 7.91. The maximum Gasteiger partial charge on any atom is 0.0365 e. The predicted molar refractivity (Wildman–Crippen MR) is 87.7 cm³/mol. The molecule has 0 radical (unpaired) electrons. The van der Waals surface area contributed by atoms with E-state index in [9.17, 15) is 0 Å². The zero-order valence-corrected chi connectivity index (χ0v) is 13.2. The van der Waals surface area contributed by atoms with Gasteiger partial charge in [0, 0.05) is 32.3 Å². The average Bonchev–Trinajstić information content (AvgIpc) is 2.22. The molecule has 0 aromatic carbocycles. The summed E-state index contributed by atoms with van der Waals surface area (Å²) in [5.74, 6) is 1.64. The lowest BCUT2D eigenvalue weighted by molar-refractivity contribution is 0.698. The quantitative estimate of drug-likeness (QED) is 0.339. The molecule has 6 heteroatoms. The summed E-state index contributed by atoms with van der Waals surface area (Å²) in [7, 11) is 0. The van der Waals surface area contributed by atoms with Crippen molar-refractivity contribution in [3.05, 3.63) is 0 Å². The van der Waals surface area contributed by atoms with E-state index in [4.69, 9.17) is 0 Å². The van der Waals surface area contributed by atoms with E-state index >= 15 is 0 Å². The molecule has 0 spiro atoms. The Labute approximate surface area is 119 Å². The first kappa shape index (κ1) is 16.1. The normalized spacial score (nSPS) is 17.8. The van der Waals surface area contributed by atoms with Gasteiger partial charge in [-0.3, -0.25) is 0 Å². The Morgan fingerprint density at radius 3 is 2.00 bits per heavy atom. The van der Waals surface area contributed by atoms with Crippen molar-refractivity contribution in [1.29, 1.82) is 0 Å². The van der Waals surface area contributed by atoms with Gasteiger partial charge in [0.15, 0.2) is 0 Å². The molecule has 14 heavy (non-hydrogen) atoms. The van der Waals surface area contributed by atoms with Gasteiger partial charge >= 0.3 is 0 Å². The minimum atomic E-state index is 0.343. The number of hydrogen-bond donors (Lipinski definition) is 5. The van der Waals surface area contributed by atoms with Crippen molar-refractivity contribution in [2.24, 2.45) is 0 Å². The zero-order chi connectivity index (χ0) is 11.0. The standard InChI is InChI=1S/C8H18S6/c9-3-6(12)1-2-8(14-5-11)7(13)4-10/h6-13H,1-5H2. The van der Waals surface area contributed by atoms with Crippen LogP contribution in [0.4, 0.5) is 0 Å². The van der Waals surface area contributed by atoms with Crippen molar-refractivity contribution < 1.29 is 0 Å². The Kier molecular flexibility index (Phi) is 11.8. The van der Waals surface area contributed by atoms with Crippen molar-refractivity contribution in [2.45, 2.75) is 28.6 Å². The topological polar surface area (TPSA) is 0 Å². The molecule has 0 bridgehead atoms. The van der Waals surface area contributed by atoms with Gasteiger partial charge in [0.2, 0.25) is 0 Å². The summed E-state index contributed by atoms with van der Waals surface area (Å²) >= 11 is 23.5. The second kappa shape index (κ2) is 10.3. The Bertz CT molecular complexity index is 131. The van der Waals surface area contributed by atoms with Gasteiger partial charge in [-0.15, -0.1) is 11.8 Å². The molecule has 0 aromatic rings. The van der Waals surface area contributed by atoms with Crippen molar-refractivity contribution in [1.82, 2.24) is 0 Å².